The van der Waals surface area contributed by atoms with Crippen molar-refractivity contribution in [2.24, 2.45) is 4.99 Å². The fourth-order valence-electron chi connectivity index (χ4n) is 3.64. The molecule has 0 spiro atoms. The van der Waals surface area contributed by atoms with E-state index in [-0.39, 0.29) is 12.6 Å². The number of nitrogens with zero attached hydrogens (tertiary/aromatic N) is 4. The molecule has 0 saturated carbocycles. The van der Waals surface area contributed by atoms with Crippen LogP contribution in [0.25, 0.3) is 5.00 Å². The van der Waals surface area contributed by atoms with E-state index < -0.39 is 6.17 Å². The Labute approximate surface area is 195 Å². The fourth-order valence-corrected chi connectivity index (χ4v) is 4.98. The minimum absolute atomic E-state index is 0.101. The molecule has 1 aromatic carbocycles. The molecule has 32 heavy (non-hydrogen) atoms. The second-order valence-corrected chi connectivity index (χ2v) is 9.26. The van der Waals surface area contributed by atoms with Gasteiger partial charge in [0.2, 0.25) is 0 Å². The van der Waals surface area contributed by atoms with Crippen LogP contribution in [-0.4, -0.2) is 44.8 Å². The number of urea groups is 1. The third-order valence-electron chi connectivity index (χ3n) is 5.42. The van der Waals surface area contributed by atoms with E-state index in [4.69, 9.17) is 21.7 Å². The van der Waals surface area contributed by atoms with Crippen molar-refractivity contribution in [1.29, 1.82) is 0 Å². The van der Waals surface area contributed by atoms with Gasteiger partial charge in [-0.15, -0.1) is 21.5 Å². The molecule has 0 fully saturated rings. The van der Waals surface area contributed by atoms with Crippen LogP contribution < -0.4 is 10.6 Å². The Morgan fingerprint density at radius 2 is 1.94 bits per heavy atom. The van der Waals surface area contributed by atoms with Crippen molar-refractivity contribution in [1.82, 2.24) is 25.4 Å². The molecule has 1 atom stereocenters. The summed E-state index contributed by atoms with van der Waals surface area (Å²) < 4.78 is 1.98. The molecule has 0 aliphatic carbocycles. The van der Waals surface area contributed by atoms with Crippen LogP contribution in [0.3, 0.4) is 0 Å². The Morgan fingerprint density at radius 1 is 1.19 bits per heavy atom. The molecule has 0 radical (unpaired) electrons. The maximum atomic E-state index is 12.6. The summed E-state index contributed by atoms with van der Waals surface area (Å²) in [6.45, 7) is 6.62. The number of thiophene rings is 1. The van der Waals surface area contributed by atoms with Gasteiger partial charge in [-0.2, -0.15) is 0 Å². The highest BCUT2D eigenvalue weighted by Crippen LogP contribution is 2.38. The lowest BCUT2D eigenvalue weighted by Gasteiger charge is -2.15. The van der Waals surface area contributed by atoms with Crippen molar-refractivity contribution in [3.63, 3.8) is 0 Å². The van der Waals surface area contributed by atoms with Gasteiger partial charge in [0, 0.05) is 34.2 Å². The molecule has 3 N–H and O–H groups in total. The molecule has 4 rings (SSSR count). The quantitative estimate of drug-likeness (QED) is 0.474. The molecule has 2 amide bonds. The number of aryl methyl sites for hydroxylation is 2. The first-order chi connectivity index (χ1) is 15.4. The zero-order chi connectivity index (χ0) is 22.8. The number of rotatable bonds is 6. The number of halogens is 1. The van der Waals surface area contributed by atoms with Crippen molar-refractivity contribution < 1.29 is 9.90 Å². The standard InChI is InChI=1S/C22H25ClN6O2S/c1-12-13(2)32-21-17(12)18(15-6-8-16(23)9-7-15)25-19(20-28-27-14(3)29(20)21)26-22(31)24-10-4-5-11-30/h6-9,19,30H,4-5,10-11H2,1-3H3,(H2,24,26,31). The monoisotopic (exact) mass is 472 g/mol. The Morgan fingerprint density at radius 3 is 2.66 bits per heavy atom. The van der Waals surface area contributed by atoms with Gasteiger partial charge in [0.25, 0.3) is 0 Å². The van der Waals surface area contributed by atoms with Crippen LogP contribution >= 0.6 is 22.9 Å². The van der Waals surface area contributed by atoms with E-state index in [1.165, 1.54) is 4.88 Å². The van der Waals surface area contributed by atoms with E-state index in [0.29, 0.717) is 30.2 Å². The number of hydrogen-bond donors (Lipinski definition) is 3. The van der Waals surface area contributed by atoms with Crippen molar-refractivity contribution in [2.45, 2.75) is 39.8 Å². The van der Waals surface area contributed by atoms with Crippen LogP contribution in [-0.2, 0) is 0 Å². The minimum atomic E-state index is -0.723. The van der Waals surface area contributed by atoms with E-state index >= 15 is 0 Å². The van der Waals surface area contributed by atoms with Crippen LogP contribution in [0.5, 0.6) is 0 Å². The van der Waals surface area contributed by atoms with Gasteiger partial charge in [0.05, 0.1) is 5.71 Å². The Balaban J connectivity index is 1.79. The molecular weight excluding hydrogens is 448 g/mol. The molecule has 1 aliphatic heterocycles. The molecule has 1 unspecified atom stereocenters. The number of aliphatic imine (C=N–C) groups is 1. The Kier molecular flexibility index (Phi) is 6.59. The number of aliphatic hydroxyl groups is 1. The highest BCUT2D eigenvalue weighted by molar-refractivity contribution is 7.15. The van der Waals surface area contributed by atoms with Crippen molar-refractivity contribution >= 4 is 34.7 Å². The topological polar surface area (TPSA) is 104 Å². The molecule has 3 heterocycles. The van der Waals surface area contributed by atoms with Crippen LogP contribution in [0.15, 0.2) is 29.3 Å². The zero-order valence-corrected chi connectivity index (χ0v) is 19.7. The maximum Gasteiger partial charge on any atom is 0.316 e. The lowest BCUT2D eigenvalue weighted by Crippen LogP contribution is -2.38. The van der Waals surface area contributed by atoms with Gasteiger partial charge < -0.3 is 15.7 Å². The summed E-state index contributed by atoms with van der Waals surface area (Å²) in [5, 5.41) is 24.9. The van der Waals surface area contributed by atoms with Gasteiger partial charge in [0.1, 0.15) is 10.8 Å². The molecule has 0 saturated heterocycles. The normalized spacial score (nSPS) is 14.9. The van der Waals surface area contributed by atoms with Gasteiger partial charge in [-0.25, -0.2) is 4.79 Å². The highest BCUT2D eigenvalue weighted by atomic mass is 35.5. The SMILES string of the molecule is Cc1sc2c(c1C)C(c1ccc(Cl)cc1)=NC(NC(=O)NCCCCO)c1nnc(C)n1-2. The number of fused-ring (bicyclic) bond motifs is 3. The number of carbonyl (C=O) groups excluding carboxylic acids is 1. The number of amides is 2. The summed E-state index contributed by atoms with van der Waals surface area (Å²) in [6.07, 6.45) is 0.604. The predicted molar refractivity (Wildman–Crippen MR) is 126 cm³/mol. The second kappa shape index (κ2) is 9.40. The third-order valence-corrected chi connectivity index (χ3v) is 6.86. The van der Waals surface area contributed by atoms with Gasteiger partial charge in [-0.05, 0) is 51.3 Å². The molecule has 1 aliphatic rings. The Hall–Kier alpha value is -2.75. The van der Waals surface area contributed by atoms with E-state index in [1.807, 2.05) is 35.8 Å². The maximum absolute atomic E-state index is 12.6. The molecule has 2 aromatic heterocycles. The molecular formula is C22H25ClN6O2S. The van der Waals surface area contributed by atoms with Crippen molar-refractivity contribution in [3.8, 4) is 5.00 Å². The van der Waals surface area contributed by atoms with Gasteiger partial charge in [-0.3, -0.25) is 9.56 Å². The van der Waals surface area contributed by atoms with E-state index in [0.717, 1.165) is 33.2 Å². The first-order valence-corrected chi connectivity index (χ1v) is 11.6. The van der Waals surface area contributed by atoms with Crippen molar-refractivity contribution in [2.75, 3.05) is 13.2 Å². The lowest BCUT2D eigenvalue weighted by atomic mass is 10.00. The summed E-state index contributed by atoms with van der Waals surface area (Å²) in [5.74, 6) is 1.28. The predicted octanol–water partition coefficient (Wildman–Crippen LogP) is 3.83. The number of hydrogen-bond acceptors (Lipinski definition) is 6. The third kappa shape index (κ3) is 4.28. The fraction of sp³-hybridized carbons (Fsp3) is 0.364. The number of carbonyl (C=O) groups is 1. The minimum Gasteiger partial charge on any atom is -0.396 e. The van der Waals surface area contributed by atoms with Crippen molar-refractivity contribution in [3.05, 3.63) is 62.5 Å². The summed E-state index contributed by atoms with van der Waals surface area (Å²) in [6, 6.07) is 7.18. The number of unbranched alkanes of at least 4 members (excludes halogenated alkanes) is 1. The van der Waals surface area contributed by atoms with Crippen LogP contribution in [0, 0.1) is 20.8 Å². The number of nitrogens with one attached hydrogen (secondary N) is 2. The van der Waals surface area contributed by atoms with Crippen LogP contribution in [0.2, 0.25) is 5.02 Å². The van der Waals surface area contributed by atoms with Gasteiger partial charge in [0.15, 0.2) is 12.0 Å². The second-order valence-electron chi connectivity index (χ2n) is 7.62. The molecule has 8 nitrogen and oxygen atoms in total. The smallest absolute Gasteiger partial charge is 0.316 e. The van der Waals surface area contributed by atoms with E-state index in [1.54, 1.807) is 11.3 Å². The number of aromatic nitrogens is 3. The molecule has 0 bridgehead atoms. The first kappa shape index (κ1) is 22.4. The zero-order valence-electron chi connectivity index (χ0n) is 18.1. The first-order valence-electron chi connectivity index (χ1n) is 10.4. The Bertz CT molecular complexity index is 1170. The molecule has 3 aromatic rings. The average Bonchev–Trinajstić information content (AvgIpc) is 3.24. The van der Waals surface area contributed by atoms with Crippen LogP contribution in [0.4, 0.5) is 4.79 Å². The van der Waals surface area contributed by atoms with E-state index in [2.05, 4.69) is 34.7 Å². The summed E-state index contributed by atoms with van der Waals surface area (Å²) in [5.41, 5.74) is 3.82. The number of benzene rings is 1. The largest absolute Gasteiger partial charge is 0.396 e. The molecule has 10 heteroatoms. The average molecular weight is 473 g/mol. The highest BCUT2D eigenvalue weighted by Gasteiger charge is 2.32. The summed E-state index contributed by atoms with van der Waals surface area (Å²) in [7, 11) is 0. The van der Waals surface area contributed by atoms with Gasteiger partial charge in [-0.1, -0.05) is 23.7 Å². The lowest BCUT2D eigenvalue weighted by molar-refractivity contribution is 0.235. The molecule has 168 valence electrons. The van der Waals surface area contributed by atoms with E-state index in [9.17, 15) is 4.79 Å². The number of aliphatic hydroxyl groups excluding tert-OH is 1. The summed E-state index contributed by atoms with van der Waals surface area (Å²) in [4.78, 5) is 18.8. The van der Waals surface area contributed by atoms with Gasteiger partial charge >= 0.3 is 6.03 Å². The van der Waals surface area contributed by atoms with Crippen LogP contribution in [0.1, 0.15) is 52.2 Å². The summed E-state index contributed by atoms with van der Waals surface area (Å²) >= 11 is 7.78.